The fraction of sp³-hybridized carbons (Fsp3) is 0.429. The standard InChI is InChI=1S/C34H44N2O2.CH4O3S/c1-3-25-37-33-29(17-15-27-11-5-7-13-31(27)33)19-23-35-21-9-10-22-36-24-20-30-18-16-28-12-6-8-14-32(28)34(30)38-26-4-2;1-5(2,3)4/h5-8,11-18,35-36H,3-4,9-10,19-26H2,1-2H3;1H3,(H,2,3,4). The van der Waals surface area contributed by atoms with Gasteiger partial charge in [-0.15, -0.1) is 0 Å². The van der Waals surface area contributed by atoms with Gasteiger partial charge >= 0.3 is 0 Å². The molecule has 0 aliphatic rings. The second-order valence-electron chi connectivity index (χ2n) is 10.7. The second-order valence-corrected chi connectivity index (χ2v) is 12.2. The molecule has 43 heavy (non-hydrogen) atoms. The number of hydrogen-bond donors (Lipinski definition) is 3. The molecule has 0 saturated carbocycles. The maximum atomic E-state index is 9.19. The molecule has 0 fully saturated rings. The van der Waals surface area contributed by atoms with Gasteiger partial charge < -0.3 is 20.1 Å². The van der Waals surface area contributed by atoms with Gasteiger partial charge in [0.25, 0.3) is 10.1 Å². The Bertz CT molecular complexity index is 1400. The molecule has 0 bridgehead atoms. The van der Waals surface area contributed by atoms with Gasteiger partial charge in [0.1, 0.15) is 11.5 Å². The number of nitrogens with one attached hydrogen (secondary N) is 2. The van der Waals surface area contributed by atoms with Crippen molar-refractivity contribution in [2.75, 3.05) is 45.6 Å². The van der Waals surface area contributed by atoms with Crippen molar-refractivity contribution in [1.82, 2.24) is 10.6 Å². The van der Waals surface area contributed by atoms with Gasteiger partial charge in [-0.3, -0.25) is 4.55 Å². The quantitative estimate of drug-likeness (QED) is 0.0894. The molecule has 0 aliphatic heterocycles. The van der Waals surface area contributed by atoms with Crippen molar-refractivity contribution >= 4 is 31.7 Å². The Labute approximate surface area is 257 Å². The second kappa shape index (κ2) is 18.5. The van der Waals surface area contributed by atoms with Gasteiger partial charge in [0, 0.05) is 10.8 Å². The molecule has 7 nitrogen and oxygen atoms in total. The molecule has 0 saturated heterocycles. The van der Waals surface area contributed by atoms with Crippen LogP contribution in [0.15, 0.2) is 72.8 Å². The Hall–Kier alpha value is -3.17. The first-order valence-corrected chi connectivity index (χ1v) is 17.3. The molecule has 0 unspecified atom stereocenters. The zero-order chi connectivity index (χ0) is 30.9. The Morgan fingerprint density at radius 3 is 1.42 bits per heavy atom. The minimum Gasteiger partial charge on any atom is -0.493 e. The topological polar surface area (TPSA) is 96.9 Å². The first-order valence-electron chi connectivity index (χ1n) is 15.4. The van der Waals surface area contributed by atoms with E-state index in [1.807, 2.05) is 0 Å². The largest absolute Gasteiger partial charge is 0.493 e. The Morgan fingerprint density at radius 2 is 1.02 bits per heavy atom. The molecule has 0 radical (unpaired) electrons. The monoisotopic (exact) mass is 608 g/mol. The van der Waals surface area contributed by atoms with E-state index in [9.17, 15) is 8.42 Å². The van der Waals surface area contributed by atoms with Crippen LogP contribution in [-0.2, 0) is 23.0 Å². The van der Waals surface area contributed by atoms with Crippen LogP contribution in [0, 0.1) is 0 Å². The summed E-state index contributed by atoms with van der Waals surface area (Å²) < 4.78 is 38.2. The highest BCUT2D eigenvalue weighted by Crippen LogP contribution is 2.31. The van der Waals surface area contributed by atoms with Crippen LogP contribution in [0.5, 0.6) is 11.5 Å². The van der Waals surface area contributed by atoms with E-state index >= 15 is 0 Å². The van der Waals surface area contributed by atoms with E-state index in [0.717, 1.165) is 76.6 Å². The molecular formula is C35H48N2O5S. The first-order chi connectivity index (χ1) is 20.8. The zero-order valence-electron chi connectivity index (χ0n) is 25.9. The fourth-order valence-corrected chi connectivity index (χ4v) is 4.92. The summed E-state index contributed by atoms with van der Waals surface area (Å²) in [5.41, 5.74) is 2.59. The molecular weight excluding hydrogens is 560 g/mol. The zero-order valence-corrected chi connectivity index (χ0v) is 26.7. The molecule has 3 N–H and O–H groups in total. The number of hydrogen-bond acceptors (Lipinski definition) is 6. The van der Waals surface area contributed by atoms with Crippen molar-refractivity contribution in [3.8, 4) is 11.5 Å². The number of ether oxygens (including phenoxy) is 2. The number of rotatable bonds is 17. The molecule has 0 atom stereocenters. The molecule has 8 heteroatoms. The molecule has 0 aliphatic carbocycles. The average Bonchev–Trinajstić information content (AvgIpc) is 2.99. The van der Waals surface area contributed by atoms with Crippen LogP contribution in [0.4, 0.5) is 0 Å². The molecule has 0 spiro atoms. The summed E-state index contributed by atoms with van der Waals surface area (Å²) >= 11 is 0. The summed E-state index contributed by atoms with van der Waals surface area (Å²) in [6.45, 7) is 9.85. The van der Waals surface area contributed by atoms with E-state index in [2.05, 4.69) is 97.3 Å². The third-order valence-electron chi connectivity index (χ3n) is 6.92. The molecule has 234 valence electrons. The lowest BCUT2D eigenvalue weighted by atomic mass is 10.0. The summed E-state index contributed by atoms with van der Waals surface area (Å²) in [6.07, 6.45) is 7.06. The van der Waals surface area contributed by atoms with Crippen LogP contribution in [0.1, 0.15) is 50.7 Å². The van der Waals surface area contributed by atoms with Gasteiger partial charge in [-0.1, -0.05) is 86.6 Å². The Balaban J connectivity index is 0.000000934. The number of benzene rings is 4. The highest BCUT2D eigenvalue weighted by atomic mass is 32.2. The molecule has 0 amide bonds. The van der Waals surface area contributed by atoms with Gasteiger partial charge in [0.2, 0.25) is 0 Å². The number of unbranched alkanes of at least 4 members (excludes halogenated alkanes) is 1. The van der Waals surface area contributed by atoms with Gasteiger partial charge in [-0.2, -0.15) is 8.42 Å². The van der Waals surface area contributed by atoms with E-state index in [1.54, 1.807) is 0 Å². The minimum absolute atomic E-state index is 0.715. The molecule has 4 rings (SSSR count). The summed E-state index contributed by atoms with van der Waals surface area (Å²) in [4.78, 5) is 0. The van der Waals surface area contributed by atoms with Crippen LogP contribution in [0.3, 0.4) is 0 Å². The highest BCUT2D eigenvalue weighted by Gasteiger charge is 2.10. The molecule has 0 heterocycles. The summed E-state index contributed by atoms with van der Waals surface area (Å²) in [5.74, 6) is 2.12. The third-order valence-corrected chi connectivity index (χ3v) is 6.92. The van der Waals surface area contributed by atoms with Gasteiger partial charge in [-0.25, -0.2) is 0 Å². The predicted octanol–water partition coefficient (Wildman–Crippen LogP) is 6.82. The SMILES string of the molecule is CCCOc1c(CCNCCCCNCCc2ccc3ccccc3c2OCCC)ccc2ccccc12.CS(=O)(=O)O. The van der Waals surface area contributed by atoms with Crippen LogP contribution in [-0.4, -0.2) is 58.6 Å². The van der Waals surface area contributed by atoms with Crippen molar-refractivity contribution < 1.29 is 22.4 Å². The van der Waals surface area contributed by atoms with Crippen molar-refractivity contribution in [3.63, 3.8) is 0 Å². The maximum absolute atomic E-state index is 9.19. The number of fused-ring (bicyclic) bond motifs is 2. The summed E-state index contributed by atoms with van der Waals surface area (Å²) in [5, 5.41) is 12.2. The fourth-order valence-electron chi connectivity index (χ4n) is 4.92. The normalized spacial score (nSPS) is 11.3. The van der Waals surface area contributed by atoms with E-state index in [1.165, 1.54) is 45.5 Å². The van der Waals surface area contributed by atoms with Crippen molar-refractivity contribution in [3.05, 3.63) is 83.9 Å². The minimum atomic E-state index is -3.67. The molecule has 0 aromatic heterocycles. The lowest BCUT2D eigenvalue weighted by Gasteiger charge is -2.15. The smallest absolute Gasteiger partial charge is 0.261 e. The van der Waals surface area contributed by atoms with Gasteiger partial charge in [0.15, 0.2) is 0 Å². The van der Waals surface area contributed by atoms with Crippen molar-refractivity contribution in [2.45, 2.75) is 52.4 Å². The first kappa shape index (κ1) is 34.3. The molecule has 4 aromatic carbocycles. The van der Waals surface area contributed by atoms with E-state index in [0.29, 0.717) is 6.26 Å². The molecule has 4 aromatic rings. The predicted molar refractivity (Wildman–Crippen MR) is 179 cm³/mol. The van der Waals surface area contributed by atoms with Gasteiger partial charge in [-0.05, 0) is 86.6 Å². The lowest BCUT2D eigenvalue weighted by molar-refractivity contribution is 0.317. The summed E-state index contributed by atoms with van der Waals surface area (Å²) in [6, 6.07) is 25.9. The van der Waals surface area contributed by atoms with Crippen molar-refractivity contribution in [1.29, 1.82) is 0 Å². The highest BCUT2D eigenvalue weighted by molar-refractivity contribution is 7.85. The van der Waals surface area contributed by atoms with Gasteiger partial charge in [0.05, 0.1) is 19.5 Å². The Morgan fingerprint density at radius 1 is 0.628 bits per heavy atom. The van der Waals surface area contributed by atoms with E-state index < -0.39 is 10.1 Å². The van der Waals surface area contributed by atoms with E-state index in [4.69, 9.17) is 14.0 Å². The van der Waals surface area contributed by atoms with E-state index in [-0.39, 0.29) is 0 Å². The van der Waals surface area contributed by atoms with Crippen molar-refractivity contribution in [2.24, 2.45) is 0 Å². The van der Waals surface area contributed by atoms with Crippen LogP contribution >= 0.6 is 0 Å². The van der Waals surface area contributed by atoms with Crippen LogP contribution in [0.25, 0.3) is 21.5 Å². The Kier molecular flexibility index (Phi) is 14.8. The van der Waals surface area contributed by atoms with Crippen LogP contribution < -0.4 is 20.1 Å². The van der Waals surface area contributed by atoms with Crippen LogP contribution in [0.2, 0.25) is 0 Å². The lowest BCUT2D eigenvalue weighted by Crippen LogP contribution is -2.22. The maximum Gasteiger partial charge on any atom is 0.261 e. The third kappa shape index (κ3) is 12.2. The summed E-state index contributed by atoms with van der Waals surface area (Å²) in [7, 11) is -3.67. The average molecular weight is 609 g/mol.